The third-order valence-electron chi connectivity index (χ3n) is 9.27. The maximum Gasteiger partial charge on any atom is 0.222 e. The van der Waals surface area contributed by atoms with Crippen molar-refractivity contribution in [2.24, 2.45) is 40.2 Å². The molecule has 3 saturated carbocycles. The number of carbonyl (C=O) groups excluding carboxylic acids is 1. The van der Waals surface area contributed by atoms with Crippen LogP contribution in [0.25, 0.3) is 0 Å². The van der Waals surface area contributed by atoms with E-state index in [-0.39, 0.29) is 0 Å². The minimum atomic E-state index is 0.335. The Morgan fingerprint density at radius 3 is 2.46 bits per heavy atom. The topological polar surface area (TPSA) is 46.3 Å². The van der Waals surface area contributed by atoms with Crippen LogP contribution in [0.3, 0.4) is 0 Å². The van der Waals surface area contributed by atoms with Crippen molar-refractivity contribution in [3.63, 3.8) is 0 Å². The van der Waals surface area contributed by atoms with Gasteiger partial charge in [0.05, 0.1) is 0 Å². The number of nitrogens with zero attached hydrogens (tertiary/aromatic N) is 1. The van der Waals surface area contributed by atoms with E-state index in [9.17, 15) is 4.79 Å². The van der Waals surface area contributed by atoms with Gasteiger partial charge in [-0.25, -0.2) is 0 Å². The zero-order valence-corrected chi connectivity index (χ0v) is 16.1. The summed E-state index contributed by atoms with van der Waals surface area (Å²) in [5, 5.41) is 0. The number of nitrogens with two attached hydrogens (primary N) is 1. The standard InChI is InChI=1S/C21H36N2O/c1-13(22)15-6-7-16-14-5-8-18-21(3,12-10-19(24)23(18)4)17(14)9-11-20(15,16)2/h13-18H,5-12,22H2,1-4H3/t13?,14?,15?,16?,17?,18-,20?,21?/m1/s1. The van der Waals surface area contributed by atoms with Crippen molar-refractivity contribution in [3.05, 3.63) is 0 Å². The van der Waals surface area contributed by atoms with Crippen LogP contribution in [0.2, 0.25) is 0 Å². The smallest absolute Gasteiger partial charge is 0.222 e. The third-order valence-corrected chi connectivity index (χ3v) is 9.27. The Morgan fingerprint density at radius 2 is 1.75 bits per heavy atom. The zero-order chi connectivity index (χ0) is 17.3. The predicted octanol–water partition coefficient (Wildman–Crippen LogP) is 3.81. The summed E-state index contributed by atoms with van der Waals surface area (Å²) in [7, 11) is 2.05. The van der Waals surface area contributed by atoms with Crippen LogP contribution >= 0.6 is 0 Å². The quantitative estimate of drug-likeness (QED) is 0.793. The first-order valence-corrected chi connectivity index (χ1v) is 10.3. The van der Waals surface area contributed by atoms with Crippen LogP contribution in [0, 0.1) is 34.5 Å². The maximum absolute atomic E-state index is 12.2. The number of rotatable bonds is 1. The molecule has 4 fully saturated rings. The molecule has 1 amide bonds. The summed E-state index contributed by atoms with van der Waals surface area (Å²) in [6.45, 7) is 7.29. The Bertz CT molecular complexity index is 532. The fraction of sp³-hybridized carbons (Fsp3) is 0.952. The Morgan fingerprint density at radius 1 is 1.04 bits per heavy atom. The Kier molecular flexibility index (Phi) is 3.84. The number of fused-ring (bicyclic) bond motifs is 5. The highest BCUT2D eigenvalue weighted by Crippen LogP contribution is 2.66. The van der Waals surface area contributed by atoms with Crippen LogP contribution in [0.15, 0.2) is 0 Å². The molecule has 0 aromatic carbocycles. The minimum absolute atomic E-state index is 0.335. The van der Waals surface area contributed by atoms with Crippen LogP contribution in [-0.2, 0) is 4.79 Å². The lowest BCUT2D eigenvalue weighted by Gasteiger charge is -2.62. The molecule has 3 aliphatic carbocycles. The summed E-state index contributed by atoms with van der Waals surface area (Å²) in [4.78, 5) is 14.3. The van der Waals surface area contributed by atoms with E-state index in [1.807, 2.05) is 0 Å². The van der Waals surface area contributed by atoms with Crippen LogP contribution in [-0.4, -0.2) is 29.9 Å². The molecular formula is C21H36N2O. The molecule has 0 aromatic rings. The van der Waals surface area contributed by atoms with Crippen LogP contribution in [0.1, 0.15) is 72.1 Å². The number of carbonyl (C=O) groups is 1. The molecular weight excluding hydrogens is 296 g/mol. The van der Waals surface area contributed by atoms with Gasteiger partial charge in [-0.1, -0.05) is 13.8 Å². The minimum Gasteiger partial charge on any atom is -0.342 e. The van der Waals surface area contributed by atoms with E-state index in [0.29, 0.717) is 34.7 Å². The van der Waals surface area contributed by atoms with Gasteiger partial charge < -0.3 is 10.6 Å². The fourth-order valence-electron chi connectivity index (χ4n) is 8.05. The molecule has 7 unspecified atom stereocenters. The summed E-state index contributed by atoms with van der Waals surface area (Å²) in [5.74, 6) is 3.64. The molecule has 24 heavy (non-hydrogen) atoms. The molecule has 1 heterocycles. The normalized spacial score (nSPS) is 52.5. The van der Waals surface area contributed by atoms with Gasteiger partial charge in [-0.2, -0.15) is 0 Å². The van der Waals surface area contributed by atoms with Crippen LogP contribution in [0.5, 0.6) is 0 Å². The highest BCUT2D eigenvalue weighted by atomic mass is 16.2. The Hall–Kier alpha value is -0.570. The van der Waals surface area contributed by atoms with E-state index in [1.165, 1.54) is 38.5 Å². The van der Waals surface area contributed by atoms with Crippen LogP contribution in [0.4, 0.5) is 0 Å². The van der Waals surface area contributed by atoms with E-state index >= 15 is 0 Å². The van der Waals surface area contributed by atoms with Gasteiger partial charge in [0.25, 0.3) is 0 Å². The second-order valence-electron chi connectivity index (χ2n) is 10.1. The average Bonchev–Trinajstić information content (AvgIpc) is 2.89. The van der Waals surface area contributed by atoms with E-state index < -0.39 is 0 Å². The molecule has 4 rings (SSSR count). The van der Waals surface area contributed by atoms with Gasteiger partial charge in [-0.3, -0.25) is 4.79 Å². The molecule has 0 aromatic heterocycles. The molecule has 8 atom stereocenters. The van der Waals surface area contributed by atoms with Gasteiger partial charge >= 0.3 is 0 Å². The number of amides is 1. The lowest BCUT2D eigenvalue weighted by molar-refractivity contribution is -0.158. The van der Waals surface area contributed by atoms with Gasteiger partial charge in [0, 0.05) is 25.6 Å². The largest absolute Gasteiger partial charge is 0.342 e. The predicted molar refractivity (Wildman–Crippen MR) is 97.3 cm³/mol. The number of hydrogen-bond acceptors (Lipinski definition) is 2. The van der Waals surface area contributed by atoms with Gasteiger partial charge in [-0.15, -0.1) is 0 Å². The Labute approximate surface area is 147 Å². The van der Waals surface area contributed by atoms with Crippen molar-refractivity contribution >= 4 is 5.91 Å². The van der Waals surface area contributed by atoms with Crippen molar-refractivity contribution in [3.8, 4) is 0 Å². The van der Waals surface area contributed by atoms with Crippen molar-refractivity contribution < 1.29 is 4.79 Å². The highest BCUT2D eigenvalue weighted by molar-refractivity contribution is 5.77. The van der Waals surface area contributed by atoms with Gasteiger partial charge in [-0.05, 0) is 86.4 Å². The summed E-state index contributed by atoms with van der Waals surface area (Å²) in [6.07, 6.45) is 9.85. The number of hydrogen-bond donors (Lipinski definition) is 1. The number of piperidine rings is 1. The summed E-state index contributed by atoms with van der Waals surface area (Å²) >= 11 is 0. The molecule has 1 aliphatic heterocycles. The SMILES string of the molecule is CC(N)C1CCC2C3CC[C@H]4N(C)C(=O)CCC4(C)C3CCC12C. The maximum atomic E-state index is 12.2. The molecule has 2 N–H and O–H groups in total. The van der Waals surface area contributed by atoms with Crippen molar-refractivity contribution in [2.45, 2.75) is 84.2 Å². The highest BCUT2D eigenvalue weighted by Gasteiger charge is 2.61. The molecule has 4 aliphatic rings. The van der Waals surface area contributed by atoms with Crippen molar-refractivity contribution in [2.75, 3.05) is 7.05 Å². The first-order chi connectivity index (χ1) is 11.3. The second kappa shape index (κ2) is 5.46. The monoisotopic (exact) mass is 332 g/mol. The third kappa shape index (κ3) is 2.09. The van der Waals surface area contributed by atoms with Crippen molar-refractivity contribution in [1.29, 1.82) is 0 Å². The van der Waals surface area contributed by atoms with E-state index in [0.717, 1.165) is 30.6 Å². The molecule has 136 valence electrons. The summed E-state index contributed by atoms with van der Waals surface area (Å²) in [5.41, 5.74) is 7.19. The summed E-state index contributed by atoms with van der Waals surface area (Å²) < 4.78 is 0. The second-order valence-corrected chi connectivity index (χ2v) is 10.1. The van der Waals surface area contributed by atoms with Gasteiger partial charge in [0.2, 0.25) is 5.91 Å². The Balaban J connectivity index is 1.63. The lowest BCUT2D eigenvalue weighted by atomic mass is 9.46. The van der Waals surface area contributed by atoms with Crippen molar-refractivity contribution in [1.82, 2.24) is 4.90 Å². The van der Waals surface area contributed by atoms with E-state index in [4.69, 9.17) is 5.73 Å². The van der Waals surface area contributed by atoms with Crippen LogP contribution < -0.4 is 5.73 Å². The van der Waals surface area contributed by atoms with Gasteiger partial charge in [0.1, 0.15) is 0 Å². The zero-order valence-electron chi connectivity index (χ0n) is 16.1. The molecule has 3 nitrogen and oxygen atoms in total. The van der Waals surface area contributed by atoms with Gasteiger partial charge in [0.15, 0.2) is 0 Å². The fourth-order valence-corrected chi connectivity index (χ4v) is 8.05. The molecule has 1 saturated heterocycles. The van der Waals surface area contributed by atoms with E-state index in [1.54, 1.807) is 0 Å². The number of likely N-dealkylation sites (tertiary alicyclic amines) is 1. The first kappa shape index (κ1) is 16.9. The molecule has 0 bridgehead atoms. The molecule has 0 spiro atoms. The molecule has 3 heteroatoms. The molecule has 0 radical (unpaired) electrons. The lowest BCUT2D eigenvalue weighted by Crippen LogP contribution is -2.61. The summed E-state index contributed by atoms with van der Waals surface area (Å²) in [6, 6.07) is 0.817. The first-order valence-electron chi connectivity index (χ1n) is 10.3. The van der Waals surface area contributed by atoms with E-state index in [2.05, 4.69) is 32.7 Å². The average molecular weight is 333 g/mol.